The van der Waals surface area contributed by atoms with E-state index in [1.165, 1.54) is 21.0 Å². The van der Waals surface area contributed by atoms with Gasteiger partial charge in [-0.25, -0.2) is 15.4 Å². The Labute approximate surface area is 383 Å². The van der Waals surface area contributed by atoms with Crippen molar-refractivity contribution in [2.45, 2.75) is 123 Å². The monoisotopic (exact) mass is 887 g/mol. The Balaban J connectivity index is 1.23. The third-order valence-electron chi connectivity index (χ3n) is 13.1. The summed E-state index contributed by atoms with van der Waals surface area (Å²) in [5.74, 6) is -1.79. The standard InChI is InChI=1S/C51H66N8O6/c1-9-35-18-22-52-29-40(35)46-39-28-50(5,6)30-65-49(63)41-15-12-24-59(56-41)48(62)42(26-34-13-11-14-36(25-34)37-16-17-43(38(39)27-37)58(46)10-2)55-47(61)45(33(3)4)57(7)44(60)19-23-53-32-54-51(20-21-51)31-64-8/h11,13-14,16-18,22,25,27,29,33,41-42,45,56H,9-10,12,15,19-21,23-24,26,28,30-31H2,1-8H3,(H,55,61)/t41-,42-,45-/m0/s1. The van der Waals surface area contributed by atoms with Gasteiger partial charge in [0.05, 0.1) is 37.0 Å². The normalized spacial score (nSPS) is 19.7. The highest BCUT2D eigenvalue weighted by atomic mass is 16.5. The van der Waals surface area contributed by atoms with Crippen molar-refractivity contribution in [1.82, 2.24) is 30.2 Å². The summed E-state index contributed by atoms with van der Waals surface area (Å²) in [6.45, 7) is 14.3. The Morgan fingerprint density at radius 1 is 1.11 bits per heavy atom. The van der Waals surface area contributed by atoms with Gasteiger partial charge in [0, 0.05) is 74.4 Å². The number of nitrogens with zero attached hydrogens (tertiary/aromatic N) is 6. The van der Waals surface area contributed by atoms with Gasteiger partial charge in [0.2, 0.25) is 11.8 Å². The molecule has 0 radical (unpaired) electrons. The number of hydrogen-bond acceptors (Lipinski definition) is 10. The molecule has 65 heavy (non-hydrogen) atoms. The van der Waals surface area contributed by atoms with Crippen LogP contribution in [-0.2, 0) is 54.5 Å². The van der Waals surface area contributed by atoms with Gasteiger partial charge in [-0.2, -0.15) is 0 Å². The summed E-state index contributed by atoms with van der Waals surface area (Å²) >= 11 is 0. The first-order valence-electron chi connectivity index (χ1n) is 23.3. The number of rotatable bonds is 13. The van der Waals surface area contributed by atoms with Gasteiger partial charge in [-0.05, 0) is 97.4 Å². The minimum absolute atomic E-state index is 0.0648. The number of carbonyl (C=O) groups excluding carboxylic acids is 4. The fourth-order valence-corrected chi connectivity index (χ4v) is 9.44. The Kier molecular flexibility index (Phi) is 14.7. The molecule has 7 rings (SSSR count). The molecule has 3 aliphatic rings. The van der Waals surface area contributed by atoms with E-state index >= 15 is 0 Å². The molecule has 14 heteroatoms. The Hall–Kier alpha value is -5.69. The number of pyridine rings is 1. The summed E-state index contributed by atoms with van der Waals surface area (Å²) in [5, 5.41) is 5.63. The maximum absolute atomic E-state index is 14.6. The molecule has 2 N–H and O–H groups in total. The number of hydrazine groups is 1. The zero-order valence-corrected chi connectivity index (χ0v) is 39.4. The Bertz CT molecular complexity index is 2460. The molecular formula is C51H66N8O6. The highest BCUT2D eigenvalue weighted by Crippen LogP contribution is 2.41. The fraction of sp³-hybridized carbons (Fsp3) is 0.529. The molecule has 346 valence electrons. The van der Waals surface area contributed by atoms with E-state index in [1.54, 1.807) is 14.2 Å². The molecule has 4 aromatic rings. The highest BCUT2D eigenvalue weighted by molar-refractivity contribution is 5.96. The van der Waals surface area contributed by atoms with Crippen molar-refractivity contribution in [3.63, 3.8) is 0 Å². The lowest BCUT2D eigenvalue weighted by atomic mass is 9.84. The molecule has 4 heterocycles. The first kappa shape index (κ1) is 47.3. The minimum Gasteiger partial charge on any atom is -0.464 e. The number of ether oxygens (including phenoxy) is 2. The minimum atomic E-state index is -1.02. The molecule has 3 amide bonds. The maximum atomic E-state index is 14.6. The molecule has 1 saturated heterocycles. The number of cyclic esters (lactones) is 1. The van der Waals surface area contributed by atoms with Gasteiger partial charge in [-0.15, -0.1) is 0 Å². The van der Waals surface area contributed by atoms with Crippen molar-refractivity contribution < 1.29 is 28.7 Å². The van der Waals surface area contributed by atoms with Gasteiger partial charge < -0.3 is 24.3 Å². The topological polar surface area (TPSA) is 160 Å². The quantitative estimate of drug-likeness (QED) is 0.109. The molecule has 3 atom stereocenters. The number of nitrogens with one attached hydrogen (secondary N) is 2. The third kappa shape index (κ3) is 10.7. The number of aromatic nitrogens is 2. The predicted octanol–water partition coefficient (Wildman–Crippen LogP) is 6.83. The summed E-state index contributed by atoms with van der Waals surface area (Å²) in [6, 6.07) is 16.9. The summed E-state index contributed by atoms with van der Waals surface area (Å²) in [5.41, 5.74) is 11.0. The second-order valence-corrected chi connectivity index (χ2v) is 19.1. The molecule has 2 aromatic heterocycles. The number of likely N-dealkylation sites (N-methyl/N-ethyl adjacent to an activating group) is 1. The predicted molar refractivity (Wildman–Crippen MR) is 252 cm³/mol. The Morgan fingerprint density at radius 2 is 1.89 bits per heavy atom. The summed E-state index contributed by atoms with van der Waals surface area (Å²) in [6.07, 6.45) is 8.45. The van der Waals surface area contributed by atoms with Crippen LogP contribution in [0.15, 0.2) is 70.9 Å². The summed E-state index contributed by atoms with van der Waals surface area (Å²) < 4.78 is 13.7. The van der Waals surface area contributed by atoms with Gasteiger partial charge in [0.1, 0.15) is 18.1 Å². The fourth-order valence-electron chi connectivity index (χ4n) is 9.44. The van der Waals surface area contributed by atoms with E-state index in [9.17, 15) is 19.2 Å². The number of aliphatic imine (C=N–C) groups is 2. The average Bonchev–Trinajstić information content (AvgIpc) is 4.00. The van der Waals surface area contributed by atoms with Crippen LogP contribution in [0.25, 0.3) is 33.3 Å². The molecule has 2 aromatic carbocycles. The van der Waals surface area contributed by atoms with Crippen molar-refractivity contribution in [2.24, 2.45) is 21.3 Å². The number of amides is 3. The molecule has 1 aliphatic carbocycles. The van der Waals surface area contributed by atoms with E-state index in [2.05, 4.69) is 100 Å². The van der Waals surface area contributed by atoms with Crippen LogP contribution in [0.2, 0.25) is 0 Å². The molecule has 0 spiro atoms. The van der Waals surface area contributed by atoms with Crippen LogP contribution in [0, 0.1) is 11.3 Å². The first-order chi connectivity index (χ1) is 31.2. The number of aryl methyl sites for hydroxylation is 2. The van der Waals surface area contributed by atoms with Gasteiger partial charge in [0.25, 0.3) is 5.91 Å². The largest absolute Gasteiger partial charge is 0.464 e. The zero-order chi connectivity index (χ0) is 46.5. The smallest absolute Gasteiger partial charge is 0.324 e. The van der Waals surface area contributed by atoms with Crippen molar-refractivity contribution >= 4 is 40.6 Å². The maximum Gasteiger partial charge on any atom is 0.324 e. The van der Waals surface area contributed by atoms with E-state index in [4.69, 9.17) is 9.47 Å². The van der Waals surface area contributed by atoms with E-state index in [-0.39, 0.29) is 49.3 Å². The van der Waals surface area contributed by atoms with Gasteiger partial charge in [0.15, 0.2) is 0 Å². The Morgan fingerprint density at radius 3 is 2.62 bits per heavy atom. The van der Waals surface area contributed by atoms with Crippen LogP contribution in [0.3, 0.4) is 0 Å². The second-order valence-electron chi connectivity index (χ2n) is 19.1. The summed E-state index contributed by atoms with van der Waals surface area (Å²) in [7, 11) is 3.25. The van der Waals surface area contributed by atoms with E-state index in [0.29, 0.717) is 32.4 Å². The SMILES string of the molecule is CCc1ccncc1-c1c2c3cc(ccc3n1CC)-c1cccc(c1)C[C@H](NC(=O)[C@H](C(C)C)N(C)C(=O)CCN=C=NC1(COC)CC1)C(=O)N1CCC[C@H](N1)C(=O)OCC(C)(C)C2. The van der Waals surface area contributed by atoms with E-state index in [1.807, 2.05) is 38.4 Å². The van der Waals surface area contributed by atoms with Crippen molar-refractivity contribution in [3.05, 3.63) is 77.6 Å². The molecule has 0 unspecified atom stereocenters. The lowest BCUT2D eigenvalue weighted by Crippen LogP contribution is -2.62. The summed E-state index contributed by atoms with van der Waals surface area (Å²) in [4.78, 5) is 71.1. The van der Waals surface area contributed by atoms with Crippen LogP contribution in [0.4, 0.5) is 0 Å². The number of benzene rings is 2. The number of carbonyl (C=O) groups is 4. The van der Waals surface area contributed by atoms with Crippen LogP contribution < -0.4 is 10.7 Å². The van der Waals surface area contributed by atoms with Gasteiger partial charge in [-0.3, -0.25) is 29.2 Å². The number of hydrogen-bond donors (Lipinski definition) is 2. The van der Waals surface area contributed by atoms with Crippen LogP contribution >= 0.6 is 0 Å². The molecule has 6 bridgehead atoms. The van der Waals surface area contributed by atoms with Crippen molar-refractivity contribution in [2.75, 3.05) is 40.5 Å². The second kappa shape index (κ2) is 20.2. The number of esters is 1. The van der Waals surface area contributed by atoms with Crippen LogP contribution in [0.5, 0.6) is 0 Å². The lowest BCUT2D eigenvalue weighted by molar-refractivity contribution is -0.155. The zero-order valence-electron chi connectivity index (χ0n) is 39.4. The molecule has 2 fully saturated rings. The first-order valence-corrected chi connectivity index (χ1v) is 23.3. The van der Waals surface area contributed by atoms with Crippen molar-refractivity contribution in [3.8, 4) is 22.4 Å². The van der Waals surface area contributed by atoms with Crippen LogP contribution in [0.1, 0.15) is 90.3 Å². The molecular weight excluding hydrogens is 821 g/mol. The van der Waals surface area contributed by atoms with E-state index in [0.717, 1.165) is 64.7 Å². The molecule has 1 saturated carbocycles. The van der Waals surface area contributed by atoms with Gasteiger partial charge >= 0.3 is 5.97 Å². The molecule has 2 aliphatic heterocycles. The van der Waals surface area contributed by atoms with Crippen LogP contribution in [-0.4, -0.2) is 113 Å². The number of methoxy groups -OCH3 is 1. The lowest BCUT2D eigenvalue weighted by Gasteiger charge is -2.36. The van der Waals surface area contributed by atoms with Crippen molar-refractivity contribution in [1.29, 1.82) is 0 Å². The van der Waals surface area contributed by atoms with E-state index < -0.39 is 35.4 Å². The van der Waals surface area contributed by atoms with Gasteiger partial charge in [-0.1, -0.05) is 65.0 Å². The average molecular weight is 887 g/mol. The number of fused-ring (bicyclic) bond motifs is 6. The third-order valence-corrected chi connectivity index (χ3v) is 13.1. The highest BCUT2D eigenvalue weighted by Gasteiger charge is 2.43. The molecule has 14 nitrogen and oxygen atoms in total.